The molecule has 0 spiro atoms. The molecule has 2 N–H and O–H groups in total. The zero-order chi connectivity index (χ0) is 17.7. The molecule has 1 amide bonds. The molecule has 4 aromatic rings. The zero-order valence-electron chi connectivity index (χ0n) is 14.2. The van der Waals surface area contributed by atoms with Crippen LogP contribution >= 0.6 is 11.3 Å². The summed E-state index contributed by atoms with van der Waals surface area (Å²) in [6, 6.07) is 10.3. The number of nitrogens with one attached hydrogen (secondary N) is 2. The standard InChI is InChI=1S/C19H17N5OS/c1-11-5-7-24-17(8-11)22-14-10-20-18(25)9-12(19(14)24)15-2-3-16(26-15)13-4-6-21-23-13/h2-8,12H,9-10H2,1H3,(H,20,25)(H,21,23). The SMILES string of the molecule is Cc1ccn2c3c(nc2c1)CNC(=O)CC3c1ccc(-c2ccn[nH]2)s1. The lowest BCUT2D eigenvalue weighted by atomic mass is 9.98. The largest absolute Gasteiger partial charge is 0.350 e. The van der Waals surface area contributed by atoms with Crippen LogP contribution in [0.1, 0.15) is 34.2 Å². The van der Waals surface area contributed by atoms with Gasteiger partial charge in [0.25, 0.3) is 0 Å². The Morgan fingerprint density at radius 1 is 1.27 bits per heavy atom. The van der Waals surface area contributed by atoms with Crippen molar-refractivity contribution in [1.29, 1.82) is 0 Å². The molecule has 4 aromatic heterocycles. The summed E-state index contributed by atoms with van der Waals surface area (Å²) in [6.07, 6.45) is 4.24. The number of aryl methyl sites for hydroxylation is 1. The van der Waals surface area contributed by atoms with Crippen molar-refractivity contribution in [3.63, 3.8) is 0 Å². The van der Waals surface area contributed by atoms with Gasteiger partial charge in [0.15, 0.2) is 0 Å². The van der Waals surface area contributed by atoms with Crippen LogP contribution in [0.15, 0.2) is 42.7 Å². The van der Waals surface area contributed by atoms with Crippen molar-refractivity contribution in [2.75, 3.05) is 0 Å². The third-order valence-corrected chi connectivity index (χ3v) is 6.04. The van der Waals surface area contributed by atoms with Crippen molar-refractivity contribution < 1.29 is 4.79 Å². The molecular weight excluding hydrogens is 346 g/mol. The van der Waals surface area contributed by atoms with E-state index in [0.717, 1.165) is 32.5 Å². The van der Waals surface area contributed by atoms with Gasteiger partial charge in [-0.2, -0.15) is 5.10 Å². The lowest BCUT2D eigenvalue weighted by molar-refractivity contribution is -0.121. The molecule has 0 aliphatic carbocycles. The first kappa shape index (κ1) is 15.3. The third-order valence-electron chi connectivity index (χ3n) is 4.80. The molecule has 0 saturated heterocycles. The molecule has 5 heterocycles. The molecular formula is C19H17N5OS. The van der Waals surface area contributed by atoms with Gasteiger partial charge in [-0.05, 0) is 42.8 Å². The lowest BCUT2D eigenvalue weighted by Gasteiger charge is -2.13. The zero-order valence-corrected chi connectivity index (χ0v) is 15.0. The molecule has 7 heteroatoms. The van der Waals surface area contributed by atoms with Crippen molar-refractivity contribution in [2.24, 2.45) is 0 Å². The minimum absolute atomic E-state index is 0.00752. The number of aromatic nitrogens is 4. The summed E-state index contributed by atoms with van der Waals surface area (Å²) in [5.41, 5.74) is 5.16. The number of rotatable bonds is 2. The predicted molar refractivity (Wildman–Crippen MR) is 100 cm³/mol. The fourth-order valence-corrected chi connectivity index (χ4v) is 4.65. The van der Waals surface area contributed by atoms with E-state index in [1.54, 1.807) is 17.5 Å². The molecule has 1 unspecified atom stereocenters. The Kier molecular flexibility index (Phi) is 3.43. The summed E-state index contributed by atoms with van der Waals surface area (Å²) in [6.45, 7) is 2.54. The maximum absolute atomic E-state index is 12.3. The van der Waals surface area contributed by atoms with Crippen LogP contribution in [0.5, 0.6) is 0 Å². The molecule has 0 saturated carbocycles. The monoisotopic (exact) mass is 363 g/mol. The van der Waals surface area contributed by atoms with Gasteiger partial charge in [0.1, 0.15) is 5.65 Å². The first-order chi connectivity index (χ1) is 12.7. The Bertz CT molecular complexity index is 1110. The van der Waals surface area contributed by atoms with Crippen LogP contribution in [-0.4, -0.2) is 25.5 Å². The summed E-state index contributed by atoms with van der Waals surface area (Å²) in [4.78, 5) is 19.4. The van der Waals surface area contributed by atoms with Gasteiger partial charge >= 0.3 is 0 Å². The molecule has 0 fully saturated rings. The Hall–Kier alpha value is -2.93. The van der Waals surface area contributed by atoms with Crippen molar-refractivity contribution in [2.45, 2.75) is 25.8 Å². The molecule has 0 aromatic carbocycles. The minimum atomic E-state index is -0.00752. The smallest absolute Gasteiger partial charge is 0.221 e. The van der Waals surface area contributed by atoms with Crippen LogP contribution < -0.4 is 5.32 Å². The van der Waals surface area contributed by atoms with Gasteiger partial charge in [-0.25, -0.2) is 4.98 Å². The van der Waals surface area contributed by atoms with Crippen molar-refractivity contribution in [1.82, 2.24) is 24.9 Å². The van der Waals surface area contributed by atoms with E-state index in [2.05, 4.69) is 57.3 Å². The second-order valence-electron chi connectivity index (χ2n) is 6.58. The number of aromatic amines is 1. The number of imidazole rings is 1. The van der Waals surface area contributed by atoms with E-state index in [1.807, 2.05) is 6.07 Å². The summed E-state index contributed by atoms with van der Waals surface area (Å²) in [7, 11) is 0. The van der Waals surface area contributed by atoms with E-state index >= 15 is 0 Å². The van der Waals surface area contributed by atoms with Crippen LogP contribution in [0, 0.1) is 6.92 Å². The Balaban J connectivity index is 1.66. The van der Waals surface area contributed by atoms with Gasteiger partial charge in [0.05, 0.1) is 28.5 Å². The van der Waals surface area contributed by atoms with E-state index in [4.69, 9.17) is 4.98 Å². The van der Waals surface area contributed by atoms with E-state index in [-0.39, 0.29) is 11.8 Å². The first-order valence-corrected chi connectivity index (χ1v) is 9.34. The van der Waals surface area contributed by atoms with Gasteiger partial charge in [0, 0.05) is 29.6 Å². The number of amides is 1. The number of fused-ring (bicyclic) bond motifs is 3. The van der Waals surface area contributed by atoms with E-state index in [9.17, 15) is 4.79 Å². The maximum Gasteiger partial charge on any atom is 0.221 e. The average molecular weight is 363 g/mol. The summed E-state index contributed by atoms with van der Waals surface area (Å²) in [5, 5.41) is 10.0. The number of carbonyl (C=O) groups excluding carboxylic acids is 1. The number of H-pyrrole nitrogens is 1. The van der Waals surface area contributed by atoms with Crippen molar-refractivity contribution in [3.05, 3.63) is 64.6 Å². The van der Waals surface area contributed by atoms with Gasteiger partial charge in [-0.15, -0.1) is 11.3 Å². The quantitative estimate of drug-likeness (QED) is 0.574. The molecule has 26 heavy (non-hydrogen) atoms. The van der Waals surface area contributed by atoms with Crippen LogP contribution in [-0.2, 0) is 11.3 Å². The number of hydrogen-bond acceptors (Lipinski definition) is 4. The van der Waals surface area contributed by atoms with E-state index < -0.39 is 0 Å². The summed E-state index contributed by atoms with van der Waals surface area (Å²) < 4.78 is 2.13. The molecule has 6 nitrogen and oxygen atoms in total. The van der Waals surface area contributed by atoms with Crippen LogP contribution in [0.25, 0.3) is 16.2 Å². The summed E-state index contributed by atoms with van der Waals surface area (Å²) in [5.74, 6) is 0.0530. The highest BCUT2D eigenvalue weighted by Crippen LogP contribution is 2.39. The Labute approximate surface area is 153 Å². The fraction of sp³-hybridized carbons (Fsp3) is 0.211. The average Bonchev–Trinajstić information content (AvgIpc) is 3.34. The van der Waals surface area contributed by atoms with Crippen LogP contribution in [0.2, 0.25) is 0 Å². The number of pyridine rings is 1. The van der Waals surface area contributed by atoms with Crippen molar-refractivity contribution >= 4 is 22.9 Å². The highest BCUT2D eigenvalue weighted by atomic mass is 32.1. The van der Waals surface area contributed by atoms with Gasteiger partial charge in [-0.1, -0.05) is 0 Å². The van der Waals surface area contributed by atoms with Crippen LogP contribution in [0.4, 0.5) is 0 Å². The van der Waals surface area contributed by atoms with Gasteiger partial charge < -0.3 is 9.72 Å². The third kappa shape index (κ3) is 2.43. The maximum atomic E-state index is 12.3. The first-order valence-electron chi connectivity index (χ1n) is 8.53. The second-order valence-corrected chi connectivity index (χ2v) is 7.70. The molecule has 5 rings (SSSR count). The minimum Gasteiger partial charge on any atom is -0.350 e. The highest BCUT2D eigenvalue weighted by molar-refractivity contribution is 7.15. The summed E-state index contributed by atoms with van der Waals surface area (Å²) >= 11 is 1.69. The van der Waals surface area contributed by atoms with Crippen molar-refractivity contribution in [3.8, 4) is 10.6 Å². The number of hydrogen-bond donors (Lipinski definition) is 2. The number of carbonyl (C=O) groups is 1. The van der Waals surface area contributed by atoms with E-state index in [0.29, 0.717) is 13.0 Å². The molecule has 0 bridgehead atoms. The molecule has 130 valence electrons. The lowest BCUT2D eigenvalue weighted by Crippen LogP contribution is -2.21. The molecule has 1 aliphatic rings. The van der Waals surface area contributed by atoms with Crippen LogP contribution in [0.3, 0.4) is 0 Å². The Morgan fingerprint density at radius 2 is 2.19 bits per heavy atom. The van der Waals surface area contributed by atoms with Gasteiger partial charge in [-0.3, -0.25) is 9.89 Å². The highest BCUT2D eigenvalue weighted by Gasteiger charge is 2.30. The topological polar surface area (TPSA) is 75.1 Å². The molecule has 0 radical (unpaired) electrons. The fourth-order valence-electron chi connectivity index (χ4n) is 3.56. The predicted octanol–water partition coefficient (Wildman–Crippen LogP) is 3.25. The van der Waals surface area contributed by atoms with E-state index in [1.165, 1.54) is 5.56 Å². The second kappa shape index (κ2) is 5.81. The normalized spacial score (nSPS) is 17.1. The molecule has 1 aliphatic heterocycles. The number of nitrogens with zero attached hydrogens (tertiary/aromatic N) is 3. The van der Waals surface area contributed by atoms with Gasteiger partial charge in [0.2, 0.25) is 5.91 Å². The molecule has 1 atom stereocenters. The number of thiophene rings is 1. The Morgan fingerprint density at radius 3 is 3.04 bits per heavy atom.